The molecular weight excluding hydrogens is 228 g/mol. The van der Waals surface area contributed by atoms with Gasteiger partial charge in [0.15, 0.2) is 5.82 Å². The van der Waals surface area contributed by atoms with Gasteiger partial charge in [-0.15, -0.1) is 0 Å². The predicted octanol–water partition coefficient (Wildman–Crippen LogP) is 1.96. The van der Waals surface area contributed by atoms with E-state index in [1.807, 2.05) is 0 Å². The van der Waals surface area contributed by atoms with Gasteiger partial charge in [-0.2, -0.15) is 4.98 Å². The van der Waals surface area contributed by atoms with E-state index < -0.39 is 11.6 Å². The van der Waals surface area contributed by atoms with Crippen LogP contribution in [0.15, 0.2) is 22.7 Å². The first-order chi connectivity index (χ1) is 8.04. The highest BCUT2D eigenvalue weighted by Crippen LogP contribution is 2.13. The van der Waals surface area contributed by atoms with Crippen LogP contribution < -0.4 is 5.73 Å². The fourth-order valence-corrected chi connectivity index (χ4v) is 1.42. The standard InChI is InChI=1S/C11H11F2N3O/c1-6(14)11-15-10(16-17-11)4-7-2-8(12)5-9(13)3-7/h2-3,5-6H,4,14H2,1H3/t6-/m1/s1. The van der Waals surface area contributed by atoms with Crippen LogP contribution >= 0.6 is 0 Å². The van der Waals surface area contributed by atoms with E-state index in [0.717, 1.165) is 6.07 Å². The Hall–Kier alpha value is -1.82. The average molecular weight is 239 g/mol. The second-order valence-electron chi connectivity index (χ2n) is 3.79. The minimum Gasteiger partial charge on any atom is -0.338 e. The van der Waals surface area contributed by atoms with Gasteiger partial charge in [0.2, 0.25) is 5.89 Å². The zero-order valence-corrected chi connectivity index (χ0v) is 9.15. The highest BCUT2D eigenvalue weighted by molar-refractivity contribution is 5.21. The van der Waals surface area contributed by atoms with Crippen molar-refractivity contribution in [3.63, 3.8) is 0 Å². The van der Waals surface area contributed by atoms with Crippen LogP contribution in [0.25, 0.3) is 0 Å². The van der Waals surface area contributed by atoms with Crippen LogP contribution in [0.1, 0.15) is 30.2 Å². The van der Waals surface area contributed by atoms with Gasteiger partial charge in [-0.25, -0.2) is 8.78 Å². The molecule has 4 nitrogen and oxygen atoms in total. The predicted molar refractivity (Wildman–Crippen MR) is 56.1 cm³/mol. The number of aromatic nitrogens is 2. The molecule has 0 saturated heterocycles. The fourth-order valence-electron chi connectivity index (χ4n) is 1.42. The van der Waals surface area contributed by atoms with Crippen molar-refractivity contribution >= 4 is 0 Å². The number of hydrogen-bond acceptors (Lipinski definition) is 4. The van der Waals surface area contributed by atoms with E-state index in [2.05, 4.69) is 10.1 Å². The molecule has 1 heterocycles. The molecular formula is C11H11F2N3O. The van der Waals surface area contributed by atoms with Crippen LogP contribution in [0.2, 0.25) is 0 Å². The summed E-state index contributed by atoms with van der Waals surface area (Å²) in [5.74, 6) is -0.606. The highest BCUT2D eigenvalue weighted by atomic mass is 19.1. The zero-order valence-electron chi connectivity index (χ0n) is 9.15. The molecule has 6 heteroatoms. The van der Waals surface area contributed by atoms with Crippen molar-refractivity contribution in [1.29, 1.82) is 0 Å². The van der Waals surface area contributed by atoms with Gasteiger partial charge in [0, 0.05) is 12.5 Å². The van der Waals surface area contributed by atoms with Crippen LogP contribution in [0.4, 0.5) is 8.78 Å². The van der Waals surface area contributed by atoms with Gasteiger partial charge >= 0.3 is 0 Å². The number of benzene rings is 1. The van der Waals surface area contributed by atoms with Crippen molar-refractivity contribution in [1.82, 2.24) is 10.1 Å². The molecule has 0 aliphatic heterocycles. The molecule has 1 aromatic heterocycles. The summed E-state index contributed by atoms with van der Waals surface area (Å²) in [5, 5.41) is 3.68. The zero-order chi connectivity index (χ0) is 12.4. The molecule has 0 bridgehead atoms. The Bertz CT molecular complexity index is 505. The Morgan fingerprint density at radius 2 is 1.94 bits per heavy atom. The lowest BCUT2D eigenvalue weighted by molar-refractivity contribution is 0.357. The Morgan fingerprint density at radius 3 is 2.47 bits per heavy atom. The summed E-state index contributed by atoms with van der Waals surface area (Å²) in [5.41, 5.74) is 6.00. The van der Waals surface area contributed by atoms with Gasteiger partial charge in [-0.3, -0.25) is 0 Å². The topological polar surface area (TPSA) is 64.9 Å². The third kappa shape index (κ3) is 2.85. The normalized spacial score (nSPS) is 12.7. The van der Waals surface area contributed by atoms with Crippen LogP contribution in [-0.4, -0.2) is 10.1 Å². The van der Waals surface area contributed by atoms with Crippen molar-refractivity contribution < 1.29 is 13.3 Å². The molecule has 0 saturated carbocycles. The molecule has 0 radical (unpaired) electrons. The van der Waals surface area contributed by atoms with Crippen LogP contribution in [0.3, 0.4) is 0 Å². The minimum absolute atomic E-state index is 0.199. The monoisotopic (exact) mass is 239 g/mol. The van der Waals surface area contributed by atoms with E-state index in [9.17, 15) is 8.78 Å². The summed E-state index contributed by atoms with van der Waals surface area (Å²) in [6.45, 7) is 1.71. The number of halogens is 2. The molecule has 0 unspecified atom stereocenters. The summed E-state index contributed by atoms with van der Waals surface area (Å²) in [4.78, 5) is 4.02. The number of nitrogens with two attached hydrogens (primary N) is 1. The van der Waals surface area contributed by atoms with Gasteiger partial charge in [-0.1, -0.05) is 5.16 Å². The SMILES string of the molecule is C[C@@H](N)c1nc(Cc2cc(F)cc(F)c2)no1. The lowest BCUT2D eigenvalue weighted by Gasteiger charge is -1.98. The first-order valence-electron chi connectivity index (χ1n) is 5.07. The molecule has 0 amide bonds. The molecule has 90 valence electrons. The van der Waals surface area contributed by atoms with E-state index in [4.69, 9.17) is 10.3 Å². The third-order valence-electron chi connectivity index (χ3n) is 2.16. The Morgan fingerprint density at radius 1 is 1.29 bits per heavy atom. The van der Waals surface area contributed by atoms with Crippen LogP contribution in [0.5, 0.6) is 0 Å². The molecule has 0 fully saturated rings. The van der Waals surface area contributed by atoms with Crippen molar-refractivity contribution in [2.75, 3.05) is 0 Å². The van der Waals surface area contributed by atoms with E-state index >= 15 is 0 Å². The summed E-state index contributed by atoms with van der Waals surface area (Å²) >= 11 is 0. The third-order valence-corrected chi connectivity index (χ3v) is 2.16. The van der Waals surface area contributed by atoms with Crippen molar-refractivity contribution in [2.45, 2.75) is 19.4 Å². The molecule has 1 atom stereocenters. The van der Waals surface area contributed by atoms with Crippen molar-refractivity contribution in [3.8, 4) is 0 Å². The lowest BCUT2D eigenvalue weighted by Crippen LogP contribution is -2.05. The Balaban J connectivity index is 2.19. The fraction of sp³-hybridized carbons (Fsp3) is 0.273. The molecule has 0 aliphatic carbocycles. The summed E-state index contributed by atoms with van der Waals surface area (Å²) in [7, 11) is 0. The molecule has 0 spiro atoms. The van der Waals surface area contributed by atoms with E-state index in [-0.39, 0.29) is 12.5 Å². The smallest absolute Gasteiger partial charge is 0.243 e. The Kier molecular flexibility index (Phi) is 3.14. The van der Waals surface area contributed by atoms with Crippen LogP contribution in [0, 0.1) is 11.6 Å². The van der Waals surface area contributed by atoms with Crippen molar-refractivity contribution in [3.05, 3.63) is 47.1 Å². The van der Waals surface area contributed by atoms with Gasteiger partial charge < -0.3 is 10.3 Å². The van der Waals surface area contributed by atoms with Gasteiger partial charge in [0.1, 0.15) is 11.6 Å². The average Bonchev–Trinajstić information content (AvgIpc) is 2.64. The van der Waals surface area contributed by atoms with E-state index in [1.165, 1.54) is 12.1 Å². The maximum Gasteiger partial charge on any atom is 0.243 e. The minimum atomic E-state index is -0.629. The first-order valence-corrected chi connectivity index (χ1v) is 5.07. The Labute approximate surface area is 96.4 Å². The summed E-state index contributed by atoms with van der Waals surface area (Å²) < 4.78 is 30.8. The number of rotatable bonds is 3. The molecule has 0 aliphatic rings. The molecule has 2 rings (SSSR count). The van der Waals surface area contributed by atoms with E-state index in [1.54, 1.807) is 6.92 Å². The van der Waals surface area contributed by atoms with E-state index in [0.29, 0.717) is 17.3 Å². The molecule has 2 N–H and O–H groups in total. The quantitative estimate of drug-likeness (QED) is 0.889. The van der Waals surface area contributed by atoms with Gasteiger partial charge in [-0.05, 0) is 24.6 Å². The lowest BCUT2D eigenvalue weighted by atomic mass is 10.1. The second kappa shape index (κ2) is 4.58. The maximum absolute atomic E-state index is 12.9. The largest absolute Gasteiger partial charge is 0.338 e. The van der Waals surface area contributed by atoms with Gasteiger partial charge in [0.05, 0.1) is 6.04 Å². The molecule has 1 aromatic carbocycles. The first kappa shape index (κ1) is 11.7. The molecule has 2 aromatic rings. The highest BCUT2D eigenvalue weighted by Gasteiger charge is 2.11. The molecule has 17 heavy (non-hydrogen) atoms. The van der Waals surface area contributed by atoms with Crippen LogP contribution in [-0.2, 0) is 6.42 Å². The summed E-state index contributed by atoms with van der Waals surface area (Å²) in [6.07, 6.45) is 0.199. The summed E-state index contributed by atoms with van der Waals surface area (Å²) in [6, 6.07) is 2.91. The number of hydrogen-bond donors (Lipinski definition) is 1. The maximum atomic E-state index is 12.9. The second-order valence-corrected chi connectivity index (χ2v) is 3.79. The number of nitrogens with zero attached hydrogens (tertiary/aromatic N) is 2. The van der Waals surface area contributed by atoms with Gasteiger partial charge in [0.25, 0.3) is 0 Å². The van der Waals surface area contributed by atoms with Crippen molar-refractivity contribution in [2.24, 2.45) is 5.73 Å².